The Kier molecular flexibility index (Phi) is 6.58. The summed E-state index contributed by atoms with van der Waals surface area (Å²) in [4.78, 5) is 26.0. The van der Waals surface area contributed by atoms with Crippen molar-refractivity contribution in [3.63, 3.8) is 0 Å². The van der Waals surface area contributed by atoms with Crippen molar-refractivity contribution in [2.24, 2.45) is 5.92 Å². The van der Waals surface area contributed by atoms with Crippen LogP contribution in [0.15, 0.2) is 48.5 Å². The van der Waals surface area contributed by atoms with Crippen LogP contribution in [-0.2, 0) is 12.8 Å². The highest BCUT2D eigenvalue weighted by Gasteiger charge is 2.38. The SMILES string of the molecule is O=[N+]([O-])c1ccc(CCN2CCN(CCc3ccc([N+](=O)[O-])cc3)C(C3CC3)C2)cc1. The molecule has 0 N–H and O–H groups in total. The maximum absolute atomic E-state index is 10.8. The van der Waals surface area contributed by atoms with Gasteiger partial charge < -0.3 is 4.90 Å². The molecule has 0 radical (unpaired) electrons. The van der Waals surface area contributed by atoms with Crippen LogP contribution in [-0.4, -0.2) is 58.4 Å². The van der Waals surface area contributed by atoms with E-state index in [1.807, 2.05) is 24.3 Å². The summed E-state index contributed by atoms with van der Waals surface area (Å²) < 4.78 is 0. The summed E-state index contributed by atoms with van der Waals surface area (Å²) in [6.07, 6.45) is 4.41. The van der Waals surface area contributed by atoms with E-state index in [0.717, 1.165) is 62.6 Å². The maximum atomic E-state index is 10.8. The van der Waals surface area contributed by atoms with Crippen LogP contribution in [0.1, 0.15) is 24.0 Å². The van der Waals surface area contributed by atoms with Crippen LogP contribution in [0, 0.1) is 26.1 Å². The first-order valence-corrected chi connectivity index (χ1v) is 10.9. The molecule has 164 valence electrons. The van der Waals surface area contributed by atoms with Crippen LogP contribution >= 0.6 is 0 Å². The number of hydrogen-bond donors (Lipinski definition) is 0. The van der Waals surface area contributed by atoms with Crippen LogP contribution in [0.4, 0.5) is 11.4 Å². The number of hydrogen-bond acceptors (Lipinski definition) is 6. The number of piperazine rings is 1. The fraction of sp³-hybridized carbons (Fsp3) is 0.478. The highest BCUT2D eigenvalue weighted by atomic mass is 16.6. The van der Waals surface area contributed by atoms with Crippen molar-refractivity contribution in [3.05, 3.63) is 79.9 Å². The zero-order valence-corrected chi connectivity index (χ0v) is 17.6. The Morgan fingerprint density at radius 3 is 1.77 bits per heavy atom. The van der Waals surface area contributed by atoms with Crippen LogP contribution in [0.2, 0.25) is 0 Å². The first kappa shape index (κ1) is 21.4. The average Bonchev–Trinajstić information content (AvgIpc) is 3.62. The van der Waals surface area contributed by atoms with Crippen LogP contribution in [0.25, 0.3) is 0 Å². The van der Waals surface area contributed by atoms with Gasteiger partial charge in [0, 0.05) is 63.0 Å². The number of nitro groups is 2. The third kappa shape index (κ3) is 5.65. The molecule has 1 saturated heterocycles. The summed E-state index contributed by atoms with van der Waals surface area (Å²) in [6, 6.07) is 14.4. The molecule has 2 aromatic rings. The standard InChI is InChI=1S/C23H28N4O4/c28-26(29)21-7-1-18(2-8-21)11-13-24-15-16-25(23(17-24)20-5-6-20)14-12-19-3-9-22(10-4-19)27(30)31/h1-4,7-10,20,23H,5-6,11-17H2. The molecule has 8 nitrogen and oxygen atoms in total. The summed E-state index contributed by atoms with van der Waals surface area (Å²) in [5.74, 6) is 0.777. The molecule has 8 heteroatoms. The smallest absolute Gasteiger partial charge is 0.269 e. The van der Waals surface area contributed by atoms with Crippen LogP contribution in [0.5, 0.6) is 0 Å². The lowest BCUT2D eigenvalue weighted by Gasteiger charge is -2.42. The van der Waals surface area contributed by atoms with Crippen molar-refractivity contribution in [2.45, 2.75) is 31.7 Å². The minimum absolute atomic E-state index is 0.138. The molecule has 1 aliphatic heterocycles. The monoisotopic (exact) mass is 424 g/mol. The molecule has 4 rings (SSSR count). The minimum Gasteiger partial charge on any atom is -0.300 e. The first-order valence-electron chi connectivity index (χ1n) is 10.9. The third-order valence-corrected chi connectivity index (χ3v) is 6.48. The number of benzene rings is 2. The number of nitro benzene ring substituents is 2. The molecule has 2 aromatic carbocycles. The summed E-state index contributed by atoms with van der Waals surface area (Å²) in [5.41, 5.74) is 2.55. The van der Waals surface area contributed by atoms with Crippen LogP contribution < -0.4 is 0 Å². The molecule has 1 heterocycles. The normalized spacial score (nSPS) is 19.9. The molecule has 0 bridgehead atoms. The number of non-ortho nitro benzene ring substituents is 2. The Morgan fingerprint density at radius 1 is 0.774 bits per heavy atom. The van der Waals surface area contributed by atoms with Gasteiger partial charge in [-0.1, -0.05) is 24.3 Å². The number of nitrogens with zero attached hydrogens (tertiary/aromatic N) is 4. The molecule has 2 aliphatic rings. The highest BCUT2D eigenvalue weighted by molar-refractivity contribution is 5.33. The number of rotatable bonds is 9. The predicted molar refractivity (Wildman–Crippen MR) is 118 cm³/mol. The Bertz CT molecular complexity index is 912. The molecule has 0 spiro atoms. The molecule has 31 heavy (non-hydrogen) atoms. The zero-order chi connectivity index (χ0) is 21.8. The van der Waals surface area contributed by atoms with E-state index in [2.05, 4.69) is 9.80 Å². The van der Waals surface area contributed by atoms with Gasteiger partial charge in [-0.2, -0.15) is 0 Å². The van der Waals surface area contributed by atoms with E-state index in [1.165, 1.54) is 12.8 Å². The molecular formula is C23H28N4O4. The molecule has 1 atom stereocenters. The Hall–Kier alpha value is -2.84. The van der Waals surface area contributed by atoms with Gasteiger partial charge in [-0.3, -0.25) is 25.1 Å². The molecular weight excluding hydrogens is 396 g/mol. The summed E-state index contributed by atoms with van der Waals surface area (Å²) in [5, 5.41) is 21.6. The second-order valence-electron chi connectivity index (χ2n) is 8.59. The fourth-order valence-electron chi connectivity index (χ4n) is 4.44. The summed E-state index contributed by atoms with van der Waals surface area (Å²) in [7, 11) is 0. The van der Waals surface area contributed by atoms with E-state index in [4.69, 9.17) is 0 Å². The van der Waals surface area contributed by atoms with Gasteiger partial charge in [-0.25, -0.2) is 0 Å². The molecule has 2 fully saturated rings. The maximum Gasteiger partial charge on any atom is 0.269 e. The van der Waals surface area contributed by atoms with Gasteiger partial charge in [0.25, 0.3) is 11.4 Å². The highest BCUT2D eigenvalue weighted by Crippen LogP contribution is 2.37. The van der Waals surface area contributed by atoms with E-state index in [1.54, 1.807) is 24.3 Å². The van der Waals surface area contributed by atoms with E-state index in [-0.39, 0.29) is 21.2 Å². The van der Waals surface area contributed by atoms with Gasteiger partial charge in [0.15, 0.2) is 0 Å². The minimum atomic E-state index is -0.361. The van der Waals surface area contributed by atoms with Crippen molar-refractivity contribution >= 4 is 11.4 Å². The second kappa shape index (κ2) is 9.53. The van der Waals surface area contributed by atoms with Crippen molar-refractivity contribution < 1.29 is 9.85 Å². The van der Waals surface area contributed by atoms with Crippen molar-refractivity contribution in [1.29, 1.82) is 0 Å². The van der Waals surface area contributed by atoms with E-state index in [9.17, 15) is 20.2 Å². The van der Waals surface area contributed by atoms with Crippen molar-refractivity contribution in [2.75, 3.05) is 32.7 Å². The fourth-order valence-corrected chi connectivity index (χ4v) is 4.44. The average molecular weight is 425 g/mol. The predicted octanol–water partition coefficient (Wildman–Crippen LogP) is 3.68. The van der Waals surface area contributed by atoms with Gasteiger partial charge >= 0.3 is 0 Å². The van der Waals surface area contributed by atoms with Gasteiger partial charge in [0.1, 0.15) is 0 Å². The summed E-state index contributed by atoms with van der Waals surface area (Å²) >= 11 is 0. The molecule has 1 saturated carbocycles. The summed E-state index contributed by atoms with van der Waals surface area (Å²) in [6.45, 7) is 5.08. The largest absolute Gasteiger partial charge is 0.300 e. The zero-order valence-electron chi connectivity index (χ0n) is 17.6. The lowest BCUT2D eigenvalue weighted by Crippen LogP contribution is -2.54. The van der Waals surface area contributed by atoms with E-state index < -0.39 is 0 Å². The molecule has 0 aromatic heterocycles. The topological polar surface area (TPSA) is 92.8 Å². The van der Waals surface area contributed by atoms with Crippen molar-refractivity contribution in [1.82, 2.24) is 9.80 Å². The Labute approximate surface area is 181 Å². The van der Waals surface area contributed by atoms with Gasteiger partial charge in [0.2, 0.25) is 0 Å². The molecule has 0 amide bonds. The van der Waals surface area contributed by atoms with Gasteiger partial charge in [0.05, 0.1) is 9.85 Å². The quantitative estimate of drug-likeness (QED) is 0.450. The van der Waals surface area contributed by atoms with Gasteiger partial charge in [-0.05, 0) is 42.7 Å². The first-order chi connectivity index (χ1) is 15.0. The lowest BCUT2D eigenvalue weighted by molar-refractivity contribution is -0.385. The van der Waals surface area contributed by atoms with Gasteiger partial charge in [-0.15, -0.1) is 0 Å². The molecule has 1 aliphatic carbocycles. The van der Waals surface area contributed by atoms with Crippen LogP contribution in [0.3, 0.4) is 0 Å². The molecule has 1 unspecified atom stereocenters. The van der Waals surface area contributed by atoms with E-state index in [0.29, 0.717) is 6.04 Å². The van der Waals surface area contributed by atoms with E-state index >= 15 is 0 Å². The third-order valence-electron chi connectivity index (χ3n) is 6.48. The second-order valence-corrected chi connectivity index (χ2v) is 8.59. The Morgan fingerprint density at radius 2 is 1.29 bits per heavy atom. The lowest BCUT2D eigenvalue weighted by atomic mass is 10.0. The Balaban J connectivity index is 1.28. The van der Waals surface area contributed by atoms with Crippen molar-refractivity contribution in [3.8, 4) is 0 Å².